The number of nitro groups is 1. The van der Waals surface area contributed by atoms with Gasteiger partial charge in [0.25, 0.3) is 5.69 Å². The highest BCUT2D eigenvalue weighted by Crippen LogP contribution is 2.19. The molecule has 0 atom stereocenters. The molecule has 0 saturated heterocycles. The highest BCUT2D eigenvalue weighted by molar-refractivity contribution is 5.50. The van der Waals surface area contributed by atoms with Gasteiger partial charge in [0.1, 0.15) is 11.6 Å². The lowest BCUT2D eigenvalue weighted by Gasteiger charge is -1.97. The third kappa shape index (κ3) is 1.82. The Labute approximate surface area is 75.6 Å². The quantitative estimate of drug-likeness (QED) is 0.511. The predicted octanol–water partition coefficient (Wildman–Crippen LogP) is 2.03. The van der Waals surface area contributed by atoms with Gasteiger partial charge < -0.3 is 0 Å². The number of benzene rings is 1. The molecule has 0 aliphatic rings. The second-order valence-corrected chi connectivity index (χ2v) is 2.57. The molecular formula is C9H8N2O2. The summed E-state index contributed by atoms with van der Waals surface area (Å²) in [6.07, 6.45) is 0.729. The number of hydrogen-bond donors (Lipinski definition) is 0. The molecule has 1 aromatic carbocycles. The van der Waals surface area contributed by atoms with Gasteiger partial charge in [0.05, 0.1) is 4.92 Å². The summed E-state index contributed by atoms with van der Waals surface area (Å²) in [5.41, 5.74) is 0.870. The zero-order valence-electron chi connectivity index (χ0n) is 7.15. The normalized spacial score (nSPS) is 9.23. The first-order chi connectivity index (χ1) is 6.19. The van der Waals surface area contributed by atoms with Crippen LogP contribution in [-0.4, -0.2) is 4.92 Å². The smallest absolute Gasteiger partial charge is 0.258 e. The first-order valence-corrected chi connectivity index (χ1v) is 3.86. The Kier molecular flexibility index (Phi) is 2.60. The SMILES string of the molecule is CCc1ccc(C#N)c([N+](=O)[O-])c1. The minimum absolute atomic E-state index is 0.109. The lowest BCUT2D eigenvalue weighted by molar-refractivity contribution is -0.385. The van der Waals surface area contributed by atoms with Crippen molar-refractivity contribution in [3.05, 3.63) is 39.4 Å². The molecule has 0 N–H and O–H groups in total. The van der Waals surface area contributed by atoms with Crippen LogP contribution in [0.1, 0.15) is 18.1 Å². The third-order valence-corrected chi connectivity index (χ3v) is 1.79. The number of nitro benzene ring substituents is 1. The van der Waals surface area contributed by atoms with Crippen LogP contribution in [0, 0.1) is 21.4 Å². The van der Waals surface area contributed by atoms with Crippen LogP contribution in [0.4, 0.5) is 5.69 Å². The Morgan fingerprint density at radius 1 is 1.62 bits per heavy atom. The maximum absolute atomic E-state index is 10.5. The van der Waals surface area contributed by atoms with Gasteiger partial charge in [0.15, 0.2) is 0 Å². The van der Waals surface area contributed by atoms with Gasteiger partial charge in [-0.2, -0.15) is 5.26 Å². The van der Waals surface area contributed by atoms with E-state index in [1.54, 1.807) is 12.1 Å². The standard InChI is InChI=1S/C9H8N2O2/c1-2-7-3-4-8(6-10)9(5-7)11(12)13/h3-5H,2H2,1H3. The molecule has 4 heteroatoms. The average Bonchev–Trinajstić information content (AvgIpc) is 2.16. The fraction of sp³-hybridized carbons (Fsp3) is 0.222. The predicted molar refractivity (Wildman–Crippen MR) is 47.2 cm³/mol. The zero-order valence-corrected chi connectivity index (χ0v) is 7.15. The minimum Gasteiger partial charge on any atom is -0.258 e. The summed E-state index contributed by atoms with van der Waals surface area (Å²) < 4.78 is 0. The van der Waals surface area contributed by atoms with Crippen LogP contribution in [0.2, 0.25) is 0 Å². The van der Waals surface area contributed by atoms with E-state index >= 15 is 0 Å². The average molecular weight is 176 g/mol. The number of rotatable bonds is 2. The highest BCUT2D eigenvalue weighted by Gasteiger charge is 2.12. The number of nitrogens with zero attached hydrogens (tertiary/aromatic N) is 2. The first kappa shape index (κ1) is 9.20. The summed E-state index contributed by atoms with van der Waals surface area (Å²) >= 11 is 0. The van der Waals surface area contributed by atoms with E-state index in [0.717, 1.165) is 12.0 Å². The molecule has 0 heterocycles. The van der Waals surface area contributed by atoms with Crippen molar-refractivity contribution in [2.75, 3.05) is 0 Å². The van der Waals surface area contributed by atoms with E-state index in [2.05, 4.69) is 0 Å². The van der Waals surface area contributed by atoms with Gasteiger partial charge in [-0.25, -0.2) is 0 Å². The molecule has 0 radical (unpaired) electrons. The van der Waals surface area contributed by atoms with Gasteiger partial charge in [-0.3, -0.25) is 10.1 Å². The van der Waals surface area contributed by atoms with E-state index in [0.29, 0.717) is 0 Å². The topological polar surface area (TPSA) is 66.9 Å². The van der Waals surface area contributed by atoms with Crippen LogP contribution in [0.25, 0.3) is 0 Å². The Morgan fingerprint density at radius 3 is 2.77 bits per heavy atom. The fourth-order valence-electron chi connectivity index (χ4n) is 1.04. The van der Waals surface area contributed by atoms with Crippen molar-refractivity contribution in [2.45, 2.75) is 13.3 Å². The van der Waals surface area contributed by atoms with Crippen molar-refractivity contribution in [3.8, 4) is 6.07 Å². The van der Waals surface area contributed by atoms with Gasteiger partial charge in [0, 0.05) is 6.07 Å². The number of nitriles is 1. The summed E-state index contributed by atoms with van der Waals surface area (Å²) in [4.78, 5) is 9.97. The summed E-state index contributed by atoms with van der Waals surface area (Å²) in [6.45, 7) is 1.91. The molecule has 13 heavy (non-hydrogen) atoms. The van der Waals surface area contributed by atoms with Crippen molar-refractivity contribution >= 4 is 5.69 Å². The number of hydrogen-bond acceptors (Lipinski definition) is 3. The molecule has 0 unspecified atom stereocenters. The number of aryl methyl sites for hydroxylation is 1. The van der Waals surface area contributed by atoms with E-state index in [4.69, 9.17) is 5.26 Å². The van der Waals surface area contributed by atoms with Crippen LogP contribution in [0.5, 0.6) is 0 Å². The van der Waals surface area contributed by atoms with E-state index in [-0.39, 0.29) is 11.3 Å². The summed E-state index contributed by atoms with van der Waals surface area (Å²) in [7, 11) is 0. The maximum Gasteiger partial charge on any atom is 0.287 e. The van der Waals surface area contributed by atoms with Crippen LogP contribution >= 0.6 is 0 Å². The third-order valence-electron chi connectivity index (χ3n) is 1.79. The van der Waals surface area contributed by atoms with Crippen LogP contribution in [0.15, 0.2) is 18.2 Å². The van der Waals surface area contributed by atoms with Gasteiger partial charge in [-0.1, -0.05) is 13.0 Å². The second kappa shape index (κ2) is 3.68. The molecule has 0 saturated carbocycles. The molecule has 66 valence electrons. The fourth-order valence-corrected chi connectivity index (χ4v) is 1.04. The van der Waals surface area contributed by atoms with E-state index < -0.39 is 4.92 Å². The zero-order chi connectivity index (χ0) is 9.84. The van der Waals surface area contributed by atoms with Crippen molar-refractivity contribution < 1.29 is 4.92 Å². The van der Waals surface area contributed by atoms with Crippen molar-refractivity contribution in [3.63, 3.8) is 0 Å². The highest BCUT2D eigenvalue weighted by atomic mass is 16.6. The summed E-state index contributed by atoms with van der Waals surface area (Å²) in [5, 5.41) is 19.1. The lowest BCUT2D eigenvalue weighted by atomic mass is 10.1. The Balaban J connectivity index is 3.28. The van der Waals surface area contributed by atoms with Gasteiger partial charge >= 0.3 is 0 Å². The van der Waals surface area contributed by atoms with Crippen LogP contribution in [0.3, 0.4) is 0 Å². The summed E-state index contributed by atoms with van der Waals surface area (Å²) in [5.74, 6) is 0. The molecule has 0 aliphatic heterocycles. The Bertz CT molecular complexity index is 380. The molecule has 0 aromatic heterocycles. The van der Waals surface area contributed by atoms with Gasteiger partial charge in [-0.05, 0) is 18.1 Å². The van der Waals surface area contributed by atoms with Crippen molar-refractivity contribution in [1.29, 1.82) is 5.26 Å². The molecule has 0 bridgehead atoms. The van der Waals surface area contributed by atoms with Crippen LogP contribution < -0.4 is 0 Å². The van der Waals surface area contributed by atoms with Gasteiger partial charge in [0.2, 0.25) is 0 Å². The minimum atomic E-state index is -0.530. The van der Waals surface area contributed by atoms with Crippen LogP contribution in [-0.2, 0) is 6.42 Å². The molecule has 0 amide bonds. The molecule has 0 spiro atoms. The molecule has 0 fully saturated rings. The molecule has 0 aliphatic carbocycles. The second-order valence-electron chi connectivity index (χ2n) is 2.57. The molecule has 1 aromatic rings. The van der Waals surface area contributed by atoms with Crippen molar-refractivity contribution in [1.82, 2.24) is 0 Å². The lowest BCUT2D eigenvalue weighted by Crippen LogP contribution is -1.93. The molecule has 1 rings (SSSR count). The van der Waals surface area contributed by atoms with E-state index in [1.807, 2.05) is 6.92 Å². The maximum atomic E-state index is 10.5. The largest absolute Gasteiger partial charge is 0.287 e. The summed E-state index contributed by atoms with van der Waals surface area (Å²) in [6, 6.07) is 6.44. The molecule has 4 nitrogen and oxygen atoms in total. The Hall–Kier alpha value is -1.89. The van der Waals surface area contributed by atoms with E-state index in [1.165, 1.54) is 12.1 Å². The van der Waals surface area contributed by atoms with Crippen molar-refractivity contribution in [2.24, 2.45) is 0 Å². The first-order valence-electron chi connectivity index (χ1n) is 3.86. The molecular weight excluding hydrogens is 168 g/mol. The monoisotopic (exact) mass is 176 g/mol. The Morgan fingerprint density at radius 2 is 2.31 bits per heavy atom. The van der Waals surface area contributed by atoms with Gasteiger partial charge in [-0.15, -0.1) is 0 Å². The van der Waals surface area contributed by atoms with E-state index in [9.17, 15) is 10.1 Å².